The topological polar surface area (TPSA) is 58.6 Å². The van der Waals surface area contributed by atoms with Crippen molar-refractivity contribution in [3.8, 4) is 5.75 Å². The zero-order valence-corrected chi connectivity index (χ0v) is 14.2. The average molecular weight is 360 g/mol. The molecule has 0 bridgehead atoms. The number of carbonyl (C=O) groups excluding carboxylic acids is 2. The monoisotopic (exact) mass is 360 g/mol. The van der Waals surface area contributed by atoms with Gasteiger partial charge in [-0.05, 0) is 36.4 Å². The van der Waals surface area contributed by atoms with E-state index in [-0.39, 0.29) is 36.3 Å². The number of ether oxygens (including phenoxy) is 1. The van der Waals surface area contributed by atoms with Crippen molar-refractivity contribution in [3.05, 3.63) is 59.7 Å². The lowest BCUT2D eigenvalue weighted by Gasteiger charge is -2.17. The lowest BCUT2D eigenvalue weighted by molar-refractivity contribution is -0.125. The van der Waals surface area contributed by atoms with Crippen LogP contribution < -0.4 is 15.0 Å². The number of anilines is 1. The van der Waals surface area contributed by atoms with Crippen molar-refractivity contribution < 1.29 is 23.1 Å². The summed E-state index contributed by atoms with van der Waals surface area (Å²) in [5, 5.41) is 2.56. The van der Waals surface area contributed by atoms with Gasteiger partial charge in [0, 0.05) is 37.3 Å². The number of nitrogens with zero attached hydrogens (tertiary/aromatic N) is 1. The van der Waals surface area contributed by atoms with Crippen molar-refractivity contribution in [2.45, 2.75) is 13.0 Å². The first-order chi connectivity index (χ1) is 12.5. The Hall–Kier alpha value is -2.96. The highest BCUT2D eigenvalue weighted by atomic mass is 19.1. The van der Waals surface area contributed by atoms with E-state index < -0.39 is 11.6 Å². The van der Waals surface area contributed by atoms with E-state index >= 15 is 0 Å². The van der Waals surface area contributed by atoms with Gasteiger partial charge in [-0.2, -0.15) is 0 Å². The third-order valence-corrected chi connectivity index (χ3v) is 4.30. The molecule has 7 heteroatoms. The molecule has 0 aliphatic carbocycles. The van der Waals surface area contributed by atoms with Crippen LogP contribution in [0.15, 0.2) is 42.5 Å². The molecule has 1 atom stereocenters. The Labute approximate surface area is 149 Å². The van der Waals surface area contributed by atoms with E-state index in [1.165, 1.54) is 12.1 Å². The maximum atomic E-state index is 13.6. The molecule has 0 saturated carbocycles. The van der Waals surface area contributed by atoms with Crippen LogP contribution >= 0.6 is 0 Å². The van der Waals surface area contributed by atoms with Crippen molar-refractivity contribution in [3.63, 3.8) is 0 Å². The van der Waals surface area contributed by atoms with Crippen LogP contribution in [0.4, 0.5) is 14.5 Å². The summed E-state index contributed by atoms with van der Waals surface area (Å²) in [4.78, 5) is 25.4. The van der Waals surface area contributed by atoms with E-state index in [2.05, 4.69) is 5.32 Å². The molecule has 5 nitrogen and oxygen atoms in total. The number of amides is 2. The highest BCUT2D eigenvalue weighted by Gasteiger charge is 2.34. The van der Waals surface area contributed by atoms with Crippen LogP contribution in [-0.4, -0.2) is 25.4 Å². The molecule has 1 aliphatic rings. The number of carbonyl (C=O) groups is 2. The molecule has 2 amide bonds. The summed E-state index contributed by atoms with van der Waals surface area (Å²) in [6.45, 7) is 0.298. The van der Waals surface area contributed by atoms with E-state index in [9.17, 15) is 18.4 Å². The SMILES string of the molecule is CNC(=O)[C@@H]1CC(=O)N(c2ccc(OCc3ccc(F)cc3F)cc2)C1. The smallest absolute Gasteiger partial charge is 0.227 e. The van der Waals surface area contributed by atoms with Crippen LogP contribution in [-0.2, 0) is 16.2 Å². The molecule has 0 aromatic heterocycles. The van der Waals surface area contributed by atoms with Crippen LogP contribution in [0.1, 0.15) is 12.0 Å². The first-order valence-electron chi connectivity index (χ1n) is 8.16. The van der Waals surface area contributed by atoms with E-state index in [1.54, 1.807) is 36.2 Å². The van der Waals surface area contributed by atoms with Crippen molar-refractivity contribution in [1.82, 2.24) is 5.32 Å². The second-order valence-electron chi connectivity index (χ2n) is 6.04. The number of rotatable bonds is 5. The number of hydrogen-bond acceptors (Lipinski definition) is 3. The number of benzene rings is 2. The summed E-state index contributed by atoms with van der Waals surface area (Å²) in [6, 6.07) is 10.1. The number of nitrogens with one attached hydrogen (secondary N) is 1. The van der Waals surface area contributed by atoms with Gasteiger partial charge in [-0.15, -0.1) is 0 Å². The second-order valence-corrected chi connectivity index (χ2v) is 6.04. The summed E-state index contributed by atoms with van der Waals surface area (Å²) < 4.78 is 32.0. The third-order valence-electron chi connectivity index (χ3n) is 4.30. The van der Waals surface area contributed by atoms with Crippen molar-refractivity contribution in [1.29, 1.82) is 0 Å². The summed E-state index contributed by atoms with van der Waals surface area (Å²) in [5.41, 5.74) is 0.917. The Morgan fingerprint density at radius 1 is 1.23 bits per heavy atom. The van der Waals surface area contributed by atoms with Crippen LogP contribution in [0.3, 0.4) is 0 Å². The molecule has 1 heterocycles. The van der Waals surface area contributed by atoms with E-state index in [1.807, 2.05) is 0 Å². The standard InChI is InChI=1S/C19H18F2N2O3/c1-22-19(25)13-8-18(24)23(10-13)15-4-6-16(7-5-15)26-11-12-2-3-14(20)9-17(12)21/h2-7,9,13H,8,10-11H2,1H3,(H,22,25)/t13-/m1/s1. The summed E-state index contributed by atoms with van der Waals surface area (Å²) in [6.07, 6.45) is 0.182. The lowest BCUT2D eigenvalue weighted by atomic mass is 10.1. The second kappa shape index (κ2) is 7.51. The zero-order valence-electron chi connectivity index (χ0n) is 14.2. The molecular weight excluding hydrogens is 342 g/mol. The Bertz CT molecular complexity index is 824. The summed E-state index contributed by atoms with van der Waals surface area (Å²) in [5.74, 6) is -1.43. The molecule has 1 N–H and O–H groups in total. The van der Waals surface area contributed by atoms with Gasteiger partial charge in [0.15, 0.2) is 0 Å². The normalized spacial score (nSPS) is 16.7. The Balaban J connectivity index is 1.63. The first kappa shape index (κ1) is 17.8. The van der Waals surface area contributed by atoms with Gasteiger partial charge in [-0.3, -0.25) is 9.59 Å². The molecule has 1 saturated heterocycles. The van der Waals surface area contributed by atoms with Gasteiger partial charge in [0.25, 0.3) is 0 Å². The van der Waals surface area contributed by atoms with Gasteiger partial charge < -0.3 is 15.0 Å². The molecule has 0 unspecified atom stereocenters. The summed E-state index contributed by atoms with van der Waals surface area (Å²) >= 11 is 0. The molecule has 1 aliphatic heterocycles. The third kappa shape index (κ3) is 3.82. The van der Waals surface area contributed by atoms with Crippen LogP contribution in [0.25, 0.3) is 0 Å². The fraction of sp³-hybridized carbons (Fsp3) is 0.263. The Morgan fingerprint density at radius 3 is 2.62 bits per heavy atom. The molecule has 26 heavy (non-hydrogen) atoms. The number of hydrogen-bond donors (Lipinski definition) is 1. The molecule has 3 rings (SSSR count). The van der Waals surface area contributed by atoms with Gasteiger partial charge in [0.2, 0.25) is 11.8 Å². The van der Waals surface area contributed by atoms with E-state index in [0.717, 1.165) is 6.07 Å². The van der Waals surface area contributed by atoms with Gasteiger partial charge >= 0.3 is 0 Å². The summed E-state index contributed by atoms with van der Waals surface area (Å²) in [7, 11) is 1.55. The van der Waals surface area contributed by atoms with E-state index in [0.29, 0.717) is 18.0 Å². The molecule has 2 aromatic rings. The number of halogens is 2. The highest BCUT2D eigenvalue weighted by molar-refractivity contribution is 6.00. The van der Waals surface area contributed by atoms with Gasteiger partial charge in [-0.1, -0.05) is 0 Å². The van der Waals surface area contributed by atoms with Gasteiger partial charge in [0.05, 0.1) is 5.92 Å². The van der Waals surface area contributed by atoms with E-state index in [4.69, 9.17) is 4.74 Å². The molecule has 2 aromatic carbocycles. The molecular formula is C19H18F2N2O3. The minimum absolute atomic E-state index is 0.0349. The molecule has 0 spiro atoms. The first-order valence-corrected chi connectivity index (χ1v) is 8.16. The Kier molecular flexibility index (Phi) is 5.16. The average Bonchev–Trinajstić information content (AvgIpc) is 3.02. The van der Waals surface area contributed by atoms with Crippen LogP contribution in [0.2, 0.25) is 0 Å². The van der Waals surface area contributed by atoms with Gasteiger partial charge in [-0.25, -0.2) is 8.78 Å². The van der Waals surface area contributed by atoms with Crippen molar-refractivity contribution in [2.24, 2.45) is 5.92 Å². The zero-order chi connectivity index (χ0) is 18.7. The highest BCUT2D eigenvalue weighted by Crippen LogP contribution is 2.27. The Morgan fingerprint density at radius 2 is 1.96 bits per heavy atom. The fourth-order valence-corrected chi connectivity index (χ4v) is 2.86. The largest absolute Gasteiger partial charge is 0.489 e. The molecule has 136 valence electrons. The van der Waals surface area contributed by atoms with Gasteiger partial charge in [0.1, 0.15) is 24.0 Å². The predicted octanol–water partition coefficient (Wildman–Crippen LogP) is 2.64. The lowest BCUT2D eigenvalue weighted by Crippen LogP contribution is -2.30. The van der Waals surface area contributed by atoms with Crippen LogP contribution in [0.5, 0.6) is 5.75 Å². The molecule has 1 fully saturated rings. The van der Waals surface area contributed by atoms with Crippen molar-refractivity contribution >= 4 is 17.5 Å². The minimum Gasteiger partial charge on any atom is -0.489 e. The fourth-order valence-electron chi connectivity index (χ4n) is 2.86. The maximum absolute atomic E-state index is 13.6. The minimum atomic E-state index is -0.662. The maximum Gasteiger partial charge on any atom is 0.227 e. The predicted molar refractivity (Wildman–Crippen MR) is 91.7 cm³/mol. The molecule has 0 radical (unpaired) electrons. The van der Waals surface area contributed by atoms with Crippen molar-refractivity contribution in [2.75, 3.05) is 18.5 Å². The quantitative estimate of drug-likeness (QED) is 0.892. The van der Waals surface area contributed by atoms with Crippen LogP contribution in [0, 0.1) is 17.6 Å².